The van der Waals surface area contributed by atoms with E-state index in [9.17, 15) is 9.59 Å². The summed E-state index contributed by atoms with van der Waals surface area (Å²) in [7, 11) is 1.58. The molecule has 0 unspecified atom stereocenters. The van der Waals surface area contributed by atoms with Crippen LogP contribution in [0.4, 0.5) is 0 Å². The van der Waals surface area contributed by atoms with Gasteiger partial charge in [-0.1, -0.05) is 30.3 Å². The number of hydrogen-bond donors (Lipinski definition) is 1. The summed E-state index contributed by atoms with van der Waals surface area (Å²) >= 11 is 0. The molecule has 1 aromatic heterocycles. The summed E-state index contributed by atoms with van der Waals surface area (Å²) in [5, 5.41) is 2.94. The van der Waals surface area contributed by atoms with Gasteiger partial charge in [0.1, 0.15) is 11.8 Å². The van der Waals surface area contributed by atoms with E-state index < -0.39 is 6.04 Å². The second-order valence-electron chi connectivity index (χ2n) is 8.00. The molecule has 3 aromatic rings. The number of nitrogens with zero attached hydrogens (tertiary/aromatic N) is 3. The molecule has 1 aliphatic heterocycles. The van der Waals surface area contributed by atoms with Crippen LogP contribution in [-0.2, 0) is 11.3 Å². The normalized spacial score (nSPS) is 15.0. The third kappa shape index (κ3) is 5.75. The van der Waals surface area contributed by atoms with Crippen LogP contribution in [0.1, 0.15) is 27.5 Å². The van der Waals surface area contributed by atoms with E-state index in [1.165, 1.54) is 5.56 Å². The number of amides is 2. The van der Waals surface area contributed by atoms with E-state index in [0.29, 0.717) is 24.4 Å². The van der Waals surface area contributed by atoms with Gasteiger partial charge >= 0.3 is 0 Å². The van der Waals surface area contributed by atoms with Gasteiger partial charge in [0.05, 0.1) is 7.11 Å². The van der Waals surface area contributed by atoms with E-state index in [1.807, 2.05) is 47.4 Å². The molecule has 1 fully saturated rings. The van der Waals surface area contributed by atoms with E-state index in [0.717, 1.165) is 25.2 Å². The number of ether oxygens (including phenoxy) is 1. The van der Waals surface area contributed by atoms with Crippen LogP contribution < -0.4 is 10.1 Å². The van der Waals surface area contributed by atoms with Crippen LogP contribution in [0.15, 0.2) is 79.1 Å². The first-order valence-electron chi connectivity index (χ1n) is 11.0. The Morgan fingerprint density at radius 3 is 2.24 bits per heavy atom. The van der Waals surface area contributed by atoms with E-state index in [2.05, 4.69) is 15.2 Å². The summed E-state index contributed by atoms with van der Waals surface area (Å²) in [6.07, 6.45) is 3.59. The zero-order valence-electron chi connectivity index (χ0n) is 18.7. The number of hydrogen-bond acceptors (Lipinski definition) is 5. The van der Waals surface area contributed by atoms with Gasteiger partial charge in [-0.25, -0.2) is 0 Å². The van der Waals surface area contributed by atoms with Crippen LogP contribution in [0.3, 0.4) is 0 Å². The molecule has 4 rings (SSSR count). The van der Waals surface area contributed by atoms with Crippen molar-refractivity contribution < 1.29 is 14.3 Å². The standard InChI is InChI=1S/C26H28N4O3/c1-33-23-9-7-22(8-10-23)25(31)28-24(21-5-3-2-4-6-21)26(32)30-17-15-29(16-18-30)19-20-11-13-27-14-12-20/h2-14,24H,15-19H2,1H3,(H,28,31)/t24-/m1/s1. The van der Waals surface area contributed by atoms with Crippen molar-refractivity contribution in [3.05, 3.63) is 95.8 Å². The van der Waals surface area contributed by atoms with Crippen molar-refractivity contribution in [1.82, 2.24) is 20.1 Å². The number of benzene rings is 2. The van der Waals surface area contributed by atoms with Gasteiger partial charge in [0.15, 0.2) is 0 Å². The number of carbonyl (C=O) groups excluding carboxylic acids is 2. The van der Waals surface area contributed by atoms with Crippen LogP contribution in [-0.4, -0.2) is 59.9 Å². The van der Waals surface area contributed by atoms with Crippen molar-refractivity contribution in [2.45, 2.75) is 12.6 Å². The second kappa shape index (κ2) is 10.7. The van der Waals surface area contributed by atoms with E-state index >= 15 is 0 Å². The van der Waals surface area contributed by atoms with Gasteiger partial charge in [-0.05, 0) is 47.5 Å². The Morgan fingerprint density at radius 1 is 0.939 bits per heavy atom. The molecule has 33 heavy (non-hydrogen) atoms. The quantitative estimate of drug-likeness (QED) is 0.607. The highest BCUT2D eigenvalue weighted by Crippen LogP contribution is 2.19. The number of carbonyl (C=O) groups is 2. The zero-order chi connectivity index (χ0) is 23.0. The van der Waals surface area contributed by atoms with Crippen molar-refractivity contribution >= 4 is 11.8 Å². The molecule has 0 aliphatic carbocycles. The summed E-state index contributed by atoms with van der Waals surface area (Å²) < 4.78 is 5.16. The molecule has 7 nitrogen and oxygen atoms in total. The molecule has 1 atom stereocenters. The fourth-order valence-electron chi connectivity index (χ4n) is 3.95. The van der Waals surface area contributed by atoms with Crippen molar-refractivity contribution in [2.75, 3.05) is 33.3 Å². The van der Waals surface area contributed by atoms with Crippen LogP contribution in [0.2, 0.25) is 0 Å². The van der Waals surface area contributed by atoms with Crippen molar-refractivity contribution in [2.24, 2.45) is 0 Å². The maximum absolute atomic E-state index is 13.5. The lowest BCUT2D eigenvalue weighted by atomic mass is 10.0. The van der Waals surface area contributed by atoms with Gasteiger partial charge in [-0.2, -0.15) is 0 Å². The molecule has 0 radical (unpaired) electrons. The SMILES string of the molecule is COc1ccc(C(=O)N[C@@H](C(=O)N2CCN(Cc3ccncc3)CC2)c2ccccc2)cc1. The van der Waals surface area contributed by atoms with Gasteiger partial charge in [-0.3, -0.25) is 19.5 Å². The molecule has 2 amide bonds. The van der Waals surface area contributed by atoms with Crippen molar-refractivity contribution in [1.29, 1.82) is 0 Å². The summed E-state index contributed by atoms with van der Waals surface area (Å²) in [5.41, 5.74) is 2.45. The maximum atomic E-state index is 13.5. The summed E-state index contributed by atoms with van der Waals surface area (Å²) in [6, 6.07) is 19.5. The Hall–Kier alpha value is -3.71. The zero-order valence-corrected chi connectivity index (χ0v) is 18.7. The molecule has 1 N–H and O–H groups in total. The van der Waals surface area contributed by atoms with Gasteiger partial charge in [-0.15, -0.1) is 0 Å². The van der Waals surface area contributed by atoms with E-state index in [1.54, 1.807) is 43.8 Å². The largest absolute Gasteiger partial charge is 0.497 e. The Bertz CT molecular complexity index is 1050. The highest BCUT2D eigenvalue weighted by atomic mass is 16.5. The van der Waals surface area contributed by atoms with E-state index in [-0.39, 0.29) is 11.8 Å². The molecule has 2 heterocycles. The molecule has 1 saturated heterocycles. The number of rotatable bonds is 7. The molecule has 2 aromatic carbocycles. The minimum Gasteiger partial charge on any atom is -0.497 e. The first-order valence-corrected chi connectivity index (χ1v) is 11.0. The molecule has 0 spiro atoms. The highest BCUT2D eigenvalue weighted by molar-refractivity contribution is 5.98. The smallest absolute Gasteiger partial charge is 0.252 e. The van der Waals surface area contributed by atoms with Crippen LogP contribution >= 0.6 is 0 Å². The predicted molar refractivity (Wildman–Crippen MR) is 126 cm³/mol. The van der Waals surface area contributed by atoms with Gasteiger partial charge < -0.3 is 15.0 Å². The third-order valence-electron chi connectivity index (χ3n) is 5.85. The monoisotopic (exact) mass is 444 g/mol. The third-order valence-corrected chi connectivity index (χ3v) is 5.85. The lowest BCUT2D eigenvalue weighted by Crippen LogP contribution is -2.51. The second-order valence-corrected chi connectivity index (χ2v) is 8.00. The molecular formula is C26H28N4O3. The molecular weight excluding hydrogens is 416 g/mol. The Morgan fingerprint density at radius 2 is 1.61 bits per heavy atom. The summed E-state index contributed by atoms with van der Waals surface area (Å²) in [6.45, 7) is 3.63. The number of aromatic nitrogens is 1. The molecule has 170 valence electrons. The fourth-order valence-corrected chi connectivity index (χ4v) is 3.95. The number of methoxy groups -OCH3 is 1. The predicted octanol–water partition coefficient (Wildman–Crippen LogP) is 2.91. The first kappa shape index (κ1) is 22.5. The highest BCUT2D eigenvalue weighted by Gasteiger charge is 2.30. The average Bonchev–Trinajstić information content (AvgIpc) is 2.88. The molecule has 1 aliphatic rings. The number of pyridine rings is 1. The lowest BCUT2D eigenvalue weighted by molar-refractivity contribution is -0.135. The fraction of sp³-hybridized carbons (Fsp3) is 0.269. The van der Waals surface area contributed by atoms with Crippen LogP contribution in [0.5, 0.6) is 5.75 Å². The Balaban J connectivity index is 1.43. The van der Waals surface area contributed by atoms with Crippen LogP contribution in [0.25, 0.3) is 0 Å². The maximum Gasteiger partial charge on any atom is 0.252 e. The molecule has 7 heteroatoms. The molecule has 0 saturated carbocycles. The Labute approximate surface area is 194 Å². The van der Waals surface area contributed by atoms with Crippen molar-refractivity contribution in [3.63, 3.8) is 0 Å². The van der Waals surface area contributed by atoms with Gasteiger partial charge in [0, 0.05) is 50.7 Å². The summed E-state index contributed by atoms with van der Waals surface area (Å²) in [4.78, 5) is 34.7. The minimum atomic E-state index is -0.743. The Kier molecular flexibility index (Phi) is 7.32. The molecule has 0 bridgehead atoms. The number of nitrogens with one attached hydrogen (secondary N) is 1. The minimum absolute atomic E-state index is 0.0911. The van der Waals surface area contributed by atoms with Crippen molar-refractivity contribution in [3.8, 4) is 5.75 Å². The van der Waals surface area contributed by atoms with Gasteiger partial charge in [0.25, 0.3) is 5.91 Å². The van der Waals surface area contributed by atoms with Crippen LogP contribution in [0, 0.1) is 0 Å². The van der Waals surface area contributed by atoms with E-state index in [4.69, 9.17) is 4.74 Å². The van der Waals surface area contributed by atoms with Gasteiger partial charge in [0.2, 0.25) is 5.91 Å². The summed E-state index contributed by atoms with van der Waals surface area (Å²) in [5.74, 6) is 0.287. The topological polar surface area (TPSA) is 74.8 Å². The lowest BCUT2D eigenvalue weighted by Gasteiger charge is -2.36. The first-order chi connectivity index (χ1) is 16.1. The number of piperazine rings is 1. The average molecular weight is 445 g/mol.